The van der Waals surface area contributed by atoms with Gasteiger partial charge < -0.3 is 9.88 Å². The Hall–Kier alpha value is -0.360. The van der Waals surface area contributed by atoms with E-state index in [4.69, 9.17) is 0 Å². The molecule has 0 radical (unpaired) electrons. The monoisotopic (exact) mass is 363 g/mol. The first-order chi connectivity index (χ1) is 8.24. The van der Waals surface area contributed by atoms with Crippen LogP contribution >= 0.6 is 31.9 Å². The first-order valence-electron chi connectivity index (χ1n) is 5.80. The molecule has 1 fully saturated rings. The summed E-state index contributed by atoms with van der Waals surface area (Å²) in [5.74, 6) is 0.777. The molecular formula is C11H15Br2N3O. The van der Waals surface area contributed by atoms with Crippen molar-refractivity contribution in [1.29, 1.82) is 0 Å². The van der Waals surface area contributed by atoms with E-state index in [9.17, 15) is 4.79 Å². The number of alkyl halides is 1. The molecule has 1 unspecified atom stereocenters. The highest BCUT2D eigenvalue weighted by Gasteiger charge is 2.25. The van der Waals surface area contributed by atoms with Crippen molar-refractivity contribution in [1.82, 2.24) is 9.97 Å². The summed E-state index contributed by atoms with van der Waals surface area (Å²) in [5.41, 5.74) is -0.113. The van der Waals surface area contributed by atoms with Crippen LogP contribution in [-0.2, 0) is 0 Å². The zero-order valence-electron chi connectivity index (χ0n) is 9.46. The summed E-state index contributed by atoms with van der Waals surface area (Å²) in [6.45, 7) is 0.979. The maximum atomic E-state index is 11.6. The van der Waals surface area contributed by atoms with Gasteiger partial charge in [-0.25, -0.2) is 4.98 Å². The van der Waals surface area contributed by atoms with Gasteiger partial charge in [-0.1, -0.05) is 15.9 Å². The standard InChI is InChI=1S/C11H15Br2N3O/c12-5-4-8-3-1-2-6-16(8)10-9(13)11(17)15-7-14-10/h7-8H,1-6H2,(H,14,15,17). The molecule has 1 aliphatic heterocycles. The molecule has 1 atom stereocenters. The summed E-state index contributed by atoms with van der Waals surface area (Å²) in [5, 5.41) is 0.981. The van der Waals surface area contributed by atoms with Gasteiger partial charge in [-0.3, -0.25) is 4.79 Å². The molecule has 0 bridgehead atoms. The van der Waals surface area contributed by atoms with E-state index in [1.807, 2.05) is 0 Å². The molecule has 1 saturated heterocycles. The van der Waals surface area contributed by atoms with Gasteiger partial charge in [-0.05, 0) is 41.6 Å². The molecule has 94 valence electrons. The first-order valence-corrected chi connectivity index (χ1v) is 7.71. The van der Waals surface area contributed by atoms with Crippen molar-refractivity contribution in [2.24, 2.45) is 0 Å². The van der Waals surface area contributed by atoms with Gasteiger partial charge in [0.25, 0.3) is 5.56 Å². The third kappa shape index (κ3) is 2.91. The SMILES string of the molecule is O=c1[nH]cnc(N2CCCCC2CCBr)c1Br. The summed E-state index contributed by atoms with van der Waals surface area (Å²) in [6, 6.07) is 0.480. The van der Waals surface area contributed by atoms with E-state index < -0.39 is 0 Å². The fourth-order valence-electron chi connectivity index (χ4n) is 2.28. The first kappa shape index (κ1) is 13.1. The van der Waals surface area contributed by atoms with Crippen molar-refractivity contribution in [3.63, 3.8) is 0 Å². The summed E-state index contributed by atoms with van der Waals surface area (Å²) in [7, 11) is 0. The number of hydrogen-bond donors (Lipinski definition) is 1. The third-order valence-corrected chi connectivity index (χ3v) is 4.29. The zero-order valence-corrected chi connectivity index (χ0v) is 12.6. The average molecular weight is 365 g/mol. The average Bonchev–Trinajstić information content (AvgIpc) is 2.34. The topological polar surface area (TPSA) is 49.0 Å². The van der Waals surface area contributed by atoms with Crippen molar-refractivity contribution >= 4 is 37.7 Å². The van der Waals surface area contributed by atoms with Crippen LogP contribution in [0, 0.1) is 0 Å². The molecule has 0 aromatic carbocycles. The largest absolute Gasteiger partial charge is 0.352 e. The fraction of sp³-hybridized carbons (Fsp3) is 0.636. The smallest absolute Gasteiger partial charge is 0.267 e. The molecular weight excluding hydrogens is 350 g/mol. The van der Waals surface area contributed by atoms with Crippen LogP contribution in [0.25, 0.3) is 0 Å². The highest BCUT2D eigenvalue weighted by atomic mass is 79.9. The summed E-state index contributed by atoms with van der Waals surface area (Å²) in [4.78, 5) is 20.7. The number of nitrogens with one attached hydrogen (secondary N) is 1. The second kappa shape index (κ2) is 6.00. The predicted octanol–water partition coefficient (Wildman–Crippen LogP) is 2.68. The van der Waals surface area contributed by atoms with Gasteiger partial charge in [-0.2, -0.15) is 0 Å². The maximum absolute atomic E-state index is 11.6. The molecule has 2 rings (SSSR count). The van der Waals surface area contributed by atoms with Crippen molar-refractivity contribution in [2.45, 2.75) is 31.7 Å². The van der Waals surface area contributed by atoms with Crippen LogP contribution in [0.1, 0.15) is 25.7 Å². The van der Waals surface area contributed by atoms with Crippen molar-refractivity contribution < 1.29 is 0 Å². The Morgan fingerprint density at radius 3 is 3.12 bits per heavy atom. The molecule has 4 nitrogen and oxygen atoms in total. The van der Waals surface area contributed by atoms with Crippen LogP contribution in [0.15, 0.2) is 15.6 Å². The number of piperidine rings is 1. The van der Waals surface area contributed by atoms with Crippen LogP contribution in [0.4, 0.5) is 5.82 Å². The highest BCUT2D eigenvalue weighted by molar-refractivity contribution is 9.10. The molecule has 17 heavy (non-hydrogen) atoms. The number of anilines is 1. The highest BCUT2D eigenvalue weighted by Crippen LogP contribution is 2.28. The van der Waals surface area contributed by atoms with E-state index in [0.717, 1.165) is 24.1 Å². The number of hydrogen-bond acceptors (Lipinski definition) is 3. The van der Waals surface area contributed by atoms with Crippen molar-refractivity contribution in [3.05, 3.63) is 21.2 Å². The molecule has 2 heterocycles. The minimum absolute atomic E-state index is 0.113. The normalized spacial score (nSPS) is 20.6. The maximum Gasteiger partial charge on any atom is 0.267 e. The Kier molecular flexibility index (Phi) is 4.62. The summed E-state index contributed by atoms with van der Waals surface area (Å²) >= 11 is 6.83. The molecule has 0 aliphatic carbocycles. The third-order valence-electron chi connectivity index (χ3n) is 3.12. The summed E-state index contributed by atoms with van der Waals surface area (Å²) in [6.07, 6.45) is 6.16. The van der Waals surface area contributed by atoms with Gasteiger partial charge in [0.15, 0.2) is 5.82 Å². The molecule has 1 aliphatic rings. The van der Waals surface area contributed by atoms with Gasteiger partial charge in [0, 0.05) is 17.9 Å². The number of nitrogens with zero attached hydrogens (tertiary/aromatic N) is 2. The lowest BCUT2D eigenvalue weighted by molar-refractivity contribution is 0.448. The predicted molar refractivity (Wildman–Crippen MR) is 76.0 cm³/mol. The Morgan fingerprint density at radius 1 is 1.53 bits per heavy atom. The lowest BCUT2D eigenvalue weighted by Crippen LogP contribution is -2.41. The molecule has 0 saturated carbocycles. The Bertz CT molecular complexity index is 433. The molecule has 6 heteroatoms. The van der Waals surface area contributed by atoms with Gasteiger partial charge in [0.1, 0.15) is 4.47 Å². The molecule has 1 N–H and O–H groups in total. The van der Waals surface area contributed by atoms with E-state index in [1.165, 1.54) is 25.6 Å². The molecule has 1 aromatic rings. The van der Waals surface area contributed by atoms with E-state index in [-0.39, 0.29) is 5.56 Å². The Labute approximate surface area is 117 Å². The minimum Gasteiger partial charge on any atom is -0.352 e. The van der Waals surface area contributed by atoms with Crippen LogP contribution in [0.2, 0.25) is 0 Å². The fourth-order valence-corrected chi connectivity index (χ4v) is 3.25. The molecule has 1 aromatic heterocycles. The van der Waals surface area contributed by atoms with E-state index in [0.29, 0.717) is 10.5 Å². The van der Waals surface area contributed by atoms with Gasteiger partial charge in [0.2, 0.25) is 0 Å². The Morgan fingerprint density at radius 2 is 2.35 bits per heavy atom. The van der Waals surface area contributed by atoms with E-state index >= 15 is 0 Å². The van der Waals surface area contributed by atoms with Crippen LogP contribution < -0.4 is 10.5 Å². The van der Waals surface area contributed by atoms with Crippen LogP contribution in [0.3, 0.4) is 0 Å². The van der Waals surface area contributed by atoms with Crippen molar-refractivity contribution in [3.8, 4) is 0 Å². The lowest BCUT2D eigenvalue weighted by atomic mass is 10.0. The molecule has 0 amide bonds. The van der Waals surface area contributed by atoms with E-state index in [2.05, 4.69) is 46.7 Å². The van der Waals surface area contributed by atoms with Gasteiger partial charge in [0.05, 0.1) is 6.33 Å². The number of aromatic amines is 1. The second-order valence-corrected chi connectivity index (χ2v) is 5.78. The van der Waals surface area contributed by atoms with Gasteiger partial charge in [-0.15, -0.1) is 0 Å². The molecule has 0 spiro atoms. The number of rotatable bonds is 3. The van der Waals surface area contributed by atoms with Crippen LogP contribution in [-0.4, -0.2) is 27.9 Å². The van der Waals surface area contributed by atoms with Crippen molar-refractivity contribution in [2.75, 3.05) is 16.8 Å². The lowest BCUT2D eigenvalue weighted by Gasteiger charge is -2.36. The number of H-pyrrole nitrogens is 1. The second-order valence-electron chi connectivity index (χ2n) is 4.19. The van der Waals surface area contributed by atoms with Gasteiger partial charge >= 0.3 is 0 Å². The minimum atomic E-state index is -0.113. The number of halogens is 2. The number of aromatic nitrogens is 2. The van der Waals surface area contributed by atoms with Crippen LogP contribution in [0.5, 0.6) is 0 Å². The van der Waals surface area contributed by atoms with E-state index in [1.54, 1.807) is 0 Å². The Balaban J connectivity index is 2.29. The quantitative estimate of drug-likeness (QED) is 0.839. The zero-order chi connectivity index (χ0) is 12.3. The summed E-state index contributed by atoms with van der Waals surface area (Å²) < 4.78 is 0.543.